The van der Waals surface area contributed by atoms with E-state index in [4.69, 9.17) is 0 Å². The monoisotopic (exact) mass is 218 g/mol. The van der Waals surface area contributed by atoms with E-state index >= 15 is 0 Å². The summed E-state index contributed by atoms with van der Waals surface area (Å²) in [4.78, 5) is 0. The minimum absolute atomic E-state index is 1.18. The maximum Gasteiger partial charge on any atom is -0.00275 e. The normalized spacial score (nSPS) is 14.2. The predicted molar refractivity (Wildman–Crippen MR) is 74.2 cm³/mol. The molecule has 0 aliphatic heterocycles. The Bertz CT molecular complexity index is 794. The van der Waals surface area contributed by atoms with Crippen molar-refractivity contribution in [2.75, 3.05) is 0 Å². The van der Waals surface area contributed by atoms with E-state index in [1.54, 1.807) is 0 Å². The number of hydrogen-bond acceptors (Lipinski definition) is 0. The van der Waals surface area contributed by atoms with Crippen molar-refractivity contribution in [1.82, 2.24) is 0 Å². The lowest BCUT2D eigenvalue weighted by Gasteiger charge is -2.15. The number of hydrogen-bond donors (Lipinski definition) is 0. The van der Waals surface area contributed by atoms with Gasteiger partial charge in [0.25, 0.3) is 0 Å². The average molecular weight is 218 g/mol. The third kappa shape index (κ3) is 1.13. The van der Waals surface area contributed by atoms with Gasteiger partial charge in [0.2, 0.25) is 0 Å². The Balaban J connectivity index is 2.43. The molecule has 3 aromatic carbocycles. The number of aryl methyl sites for hydroxylation is 2. The largest absolute Gasteiger partial charge is 0.0763 e. The van der Waals surface area contributed by atoms with Crippen LogP contribution in [0.5, 0.6) is 0 Å². The zero-order valence-corrected chi connectivity index (χ0v) is 9.96. The van der Waals surface area contributed by atoms with E-state index in [0.717, 1.165) is 0 Å². The molecule has 3 aromatic rings. The third-order valence-corrected chi connectivity index (χ3v) is 4.03. The average Bonchev–Trinajstić information content (AvgIpc) is 2.38. The maximum atomic E-state index is 2.38. The van der Waals surface area contributed by atoms with E-state index in [1.165, 1.54) is 50.7 Å². The fraction of sp³-hybridized carbons (Fsp3) is 0.176. The van der Waals surface area contributed by atoms with Gasteiger partial charge in [0.05, 0.1) is 0 Å². The van der Waals surface area contributed by atoms with E-state index in [-0.39, 0.29) is 0 Å². The van der Waals surface area contributed by atoms with Crippen molar-refractivity contribution in [2.24, 2.45) is 0 Å². The molecule has 0 N–H and O–H groups in total. The van der Waals surface area contributed by atoms with Crippen molar-refractivity contribution in [1.29, 1.82) is 0 Å². The first-order valence-corrected chi connectivity index (χ1v) is 6.28. The van der Waals surface area contributed by atoms with Gasteiger partial charge in [-0.1, -0.05) is 42.5 Å². The fourth-order valence-corrected chi connectivity index (χ4v) is 3.16. The van der Waals surface area contributed by atoms with E-state index in [9.17, 15) is 0 Å². The molecular formula is C17H14. The summed E-state index contributed by atoms with van der Waals surface area (Å²) in [7, 11) is 0. The van der Waals surface area contributed by atoms with Crippen LogP contribution in [0.2, 0.25) is 0 Å². The minimum atomic E-state index is 1.18. The second-order valence-corrected chi connectivity index (χ2v) is 5.03. The van der Waals surface area contributed by atoms with Crippen molar-refractivity contribution in [3.8, 4) is 0 Å². The van der Waals surface area contributed by atoms with E-state index < -0.39 is 0 Å². The van der Waals surface area contributed by atoms with Crippen LogP contribution in [0.25, 0.3) is 27.6 Å². The third-order valence-electron chi connectivity index (χ3n) is 4.03. The lowest BCUT2D eigenvalue weighted by Crippen LogP contribution is -2.10. The first kappa shape index (κ1) is 9.23. The predicted octanol–water partition coefficient (Wildman–Crippen LogP) is 3.75. The molecule has 0 fully saturated rings. The molecule has 0 bridgehead atoms. The second-order valence-electron chi connectivity index (χ2n) is 5.03. The lowest BCUT2D eigenvalue weighted by molar-refractivity contribution is 1.04. The van der Waals surface area contributed by atoms with E-state index in [0.29, 0.717) is 0 Å². The number of rotatable bonds is 0. The molecule has 0 heteroatoms. The first-order chi connectivity index (χ1) is 8.34. The Labute approximate surface area is 101 Å². The zero-order valence-electron chi connectivity index (χ0n) is 9.96. The maximum absolute atomic E-state index is 2.38. The molecule has 82 valence electrons. The molecule has 0 radical (unpaired) electrons. The highest BCUT2D eigenvalue weighted by Crippen LogP contribution is 2.31. The van der Waals surface area contributed by atoms with Crippen molar-refractivity contribution >= 4 is 27.6 Å². The van der Waals surface area contributed by atoms with E-state index in [2.05, 4.69) is 49.4 Å². The molecule has 1 aliphatic rings. The molecule has 0 saturated heterocycles. The van der Waals surface area contributed by atoms with Crippen LogP contribution in [-0.2, 0) is 6.42 Å². The van der Waals surface area contributed by atoms with Crippen molar-refractivity contribution in [3.63, 3.8) is 0 Å². The summed E-state index contributed by atoms with van der Waals surface area (Å²) >= 11 is 0. The lowest BCUT2D eigenvalue weighted by atomic mass is 9.89. The summed E-state index contributed by atoms with van der Waals surface area (Å²) in [6.45, 7) is 2.20. The van der Waals surface area contributed by atoms with E-state index in [1.807, 2.05) is 0 Å². The molecule has 0 unspecified atom stereocenters. The Morgan fingerprint density at radius 1 is 0.882 bits per heavy atom. The Kier molecular flexibility index (Phi) is 1.69. The molecule has 0 spiro atoms. The first-order valence-electron chi connectivity index (χ1n) is 6.28. The summed E-state index contributed by atoms with van der Waals surface area (Å²) in [5.74, 6) is 0. The molecule has 1 aliphatic carbocycles. The summed E-state index contributed by atoms with van der Waals surface area (Å²) < 4.78 is 0. The van der Waals surface area contributed by atoms with Gasteiger partial charge in [-0.2, -0.15) is 0 Å². The van der Waals surface area contributed by atoms with Crippen molar-refractivity contribution in [3.05, 3.63) is 52.7 Å². The highest BCUT2D eigenvalue weighted by molar-refractivity contribution is 6.12. The zero-order chi connectivity index (χ0) is 11.4. The molecular weight excluding hydrogens is 204 g/mol. The highest BCUT2D eigenvalue weighted by atomic mass is 14.1. The fourth-order valence-electron chi connectivity index (χ4n) is 3.16. The molecule has 0 nitrogen and oxygen atoms in total. The Hall–Kier alpha value is -1.82. The quantitative estimate of drug-likeness (QED) is 0.539. The SMILES string of the molecule is Cc1ccc2ccc3c4c(ccc1c24)=CCC3. The van der Waals surface area contributed by atoms with Gasteiger partial charge < -0.3 is 0 Å². The standard InChI is InChI=1S/C17H14/c1-11-5-6-14-8-7-12-3-2-4-13-9-10-15(11)17(14)16(12)13/h4-10H,2-3H2,1H3. The Morgan fingerprint density at radius 3 is 2.71 bits per heavy atom. The van der Waals surface area contributed by atoms with Gasteiger partial charge in [-0.25, -0.2) is 0 Å². The van der Waals surface area contributed by atoms with Gasteiger partial charge in [-0.05, 0) is 57.7 Å². The summed E-state index contributed by atoms with van der Waals surface area (Å²) in [6, 6.07) is 13.6. The van der Waals surface area contributed by atoms with Gasteiger partial charge >= 0.3 is 0 Å². The molecule has 17 heavy (non-hydrogen) atoms. The van der Waals surface area contributed by atoms with Crippen LogP contribution in [0.4, 0.5) is 0 Å². The molecule has 0 aromatic heterocycles. The second kappa shape index (κ2) is 3.10. The van der Waals surface area contributed by atoms with Gasteiger partial charge in [-0.3, -0.25) is 0 Å². The Morgan fingerprint density at radius 2 is 1.76 bits per heavy atom. The topological polar surface area (TPSA) is 0 Å². The van der Waals surface area contributed by atoms with Crippen LogP contribution in [0, 0.1) is 6.92 Å². The summed E-state index contributed by atoms with van der Waals surface area (Å²) in [6.07, 6.45) is 4.75. The van der Waals surface area contributed by atoms with Crippen LogP contribution in [-0.4, -0.2) is 0 Å². The minimum Gasteiger partial charge on any atom is -0.0763 e. The molecule has 0 heterocycles. The van der Waals surface area contributed by atoms with Crippen LogP contribution in [0.15, 0.2) is 36.4 Å². The molecule has 0 amide bonds. The molecule has 0 saturated carbocycles. The summed E-state index contributed by atoms with van der Waals surface area (Å²) in [5.41, 5.74) is 2.90. The smallest absolute Gasteiger partial charge is 0.00275 e. The van der Waals surface area contributed by atoms with Gasteiger partial charge in [0, 0.05) is 0 Å². The molecule has 0 atom stereocenters. The van der Waals surface area contributed by atoms with Crippen LogP contribution in [0.1, 0.15) is 17.5 Å². The summed E-state index contributed by atoms with van der Waals surface area (Å²) in [5, 5.41) is 7.18. The molecule has 4 rings (SSSR count). The van der Waals surface area contributed by atoms with Crippen LogP contribution >= 0.6 is 0 Å². The van der Waals surface area contributed by atoms with Gasteiger partial charge in [0.1, 0.15) is 0 Å². The van der Waals surface area contributed by atoms with Gasteiger partial charge in [0.15, 0.2) is 0 Å². The van der Waals surface area contributed by atoms with Crippen LogP contribution in [0.3, 0.4) is 0 Å². The highest BCUT2D eigenvalue weighted by Gasteiger charge is 2.11. The number of benzene rings is 3. The van der Waals surface area contributed by atoms with Crippen molar-refractivity contribution < 1.29 is 0 Å². The van der Waals surface area contributed by atoms with Gasteiger partial charge in [-0.15, -0.1) is 0 Å². The van der Waals surface area contributed by atoms with Crippen molar-refractivity contribution in [2.45, 2.75) is 19.8 Å². The van der Waals surface area contributed by atoms with Crippen LogP contribution < -0.4 is 5.22 Å².